The number of hydrogen-bond acceptors (Lipinski definition) is 6. The minimum Gasteiger partial charge on any atom is -0.481 e. The summed E-state index contributed by atoms with van der Waals surface area (Å²) in [5.41, 5.74) is -2.63. The maximum Gasteiger partial charge on any atom is 0.315 e. The van der Waals surface area contributed by atoms with Gasteiger partial charge in [0.2, 0.25) is 0 Å². The van der Waals surface area contributed by atoms with E-state index in [1.165, 1.54) is 6.92 Å². The van der Waals surface area contributed by atoms with E-state index in [0.29, 0.717) is 19.3 Å². The van der Waals surface area contributed by atoms with E-state index in [1.807, 2.05) is 0 Å². The van der Waals surface area contributed by atoms with Gasteiger partial charge in [-0.3, -0.25) is 9.59 Å². The SMILES string of the molecule is C=C1C[C@@]23C[C@H]1CC[C@@H]2[C@@]12OC(=O)[C@@](C)([C@H](O)[C@H](O)[C@@H]1O)[C@H]2[C@H]3C(=O)O. The molecule has 0 aromatic carbocycles. The minimum absolute atomic E-state index is 0.249. The number of fused-ring (bicyclic) bond motifs is 1. The first-order valence-electron chi connectivity index (χ1n) is 9.30. The Kier molecular flexibility index (Phi) is 2.90. The average molecular weight is 364 g/mol. The van der Waals surface area contributed by atoms with E-state index in [0.717, 1.165) is 12.0 Å². The number of hydrogen-bond donors (Lipinski definition) is 4. The van der Waals surface area contributed by atoms with Crippen LogP contribution >= 0.6 is 0 Å². The molecule has 1 spiro atoms. The number of ether oxygens (including phenoxy) is 1. The van der Waals surface area contributed by atoms with Crippen LogP contribution in [-0.4, -0.2) is 56.3 Å². The number of aliphatic carboxylic acids is 1. The van der Waals surface area contributed by atoms with Gasteiger partial charge < -0.3 is 25.2 Å². The number of rotatable bonds is 1. The Bertz CT molecular complexity index is 748. The van der Waals surface area contributed by atoms with E-state index >= 15 is 0 Å². The van der Waals surface area contributed by atoms with Crippen molar-refractivity contribution in [1.29, 1.82) is 0 Å². The van der Waals surface area contributed by atoms with Gasteiger partial charge in [0.25, 0.3) is 0 Å². The highest BCUT2D eigenvalue weighted by Crippen LogP contribution is 2.77. The molecule has 10 atom stereocenters. The summed E-state index contributed by atoms with van der Waals surface area (Å²) in [4.78, 5) is 25.2. The Labute approximate surface area is 150 Å². The molecule has 0 aromatic rings. The molecule has 4 N–H and O–H groups in total. The molecule has 1 saturated heterocycles. The average Bonchev–Trinajstić information content (AvgIpc) is 3.07. The molecule has 7 nitrogen and oxygen atoms in total. The smallest absolute Gasteiger partial charge is 0.315 e. The number of esters is 1. The normalized spacial score (nSPS) is 59.8. The number of allylic oxidation sites excluding steroid dienone is 1. The topological polar surface area (TPSA) is 124 Å². The van der Waals surface area contributed by atoms with Gasteiger partial charge in [-0.05, 0) is 43.9 Å². The molecule has 0 aromatic heterocycles. The van der Waals surface area contributed by atoms with Crippen LogP contribution in [-0.2, 0) is 14.3 Å². The highest BCUT2D eigenvalue weighted by atomic mass is 16.6. The maximum atomic E-state index is 12.8. The van der Waals surface area contributed by atoms with Crippen molar-refractivity contribution in [1.82, 2.24) is 0 Å². The first-order chi connectivity index (χ1) is 12.1. The Morgan fingerprint density at radius 3 is 2.58 bits per heavy atom. The standard InChI is InChI=1S/C19H24O7/c1-7-5-18-6-8(7)3-4-9(18)19-12(10(18)15(23)24)17(2,16(25)26-19)13(21)11(20)14(19)22/h8-14,20-22H,1,3-6H2,2H3,(H,23,24)/t8-,9+,10+,11+,12-,13-,14+,17-,18-,19+/m1/s1. The highest BCUT2D eigenvalue weighted by molar-refractivity contribution is 5.86. The predicted octanol–water partition coefficient (Wildman–Crippen LogP) is 0.0778. The lowest BCUT2D eigenvalue weighted by molar-refractivity contribution is -0.216. The quantitative estimate of drug-likeness (QED) is 0.384. The summed E-state index contributed by atoms with van der Waals surface area (Å²) in [6, 6.07) is 0. The zero-order chi connectivity index (χ0) is 18.8. The number of carbonyl (C=O) groups excluding carboxylic acids is 1. The monoisotopic (exact) mass is 364 g/mol. The van der Waals surface area contributed by atoms with Crippen molar-refractivity contribution in [2.24, 2.45) is 34.5 Å². The van der Waals surface area contributed by atoms with Gasteiger partial charge in [-0.2, -0.15) is 0 Å². The second kappa shape index (κ2) is 4.51. The van der Waals surface area contributed by atoms with Crippen molar-refractivity contribution in [3.05, 3.63) is 12.2 Å². The third kappa shape index (κ3) is 1.40. The van der Waals surface area contributed by atoms with Gasteiger partial charge in [-0.25, -0.2) is 0 Å². The molecule has 0 unspecified atom stereocenters. The van der Waals surface area contributed by atoms with Crippen LogP contribution in [0.15, 0.2) is 12.2 Å². The van der Waals surface area contributed by atoms with Crippen molar-refractivity contribution in [3.63, 3.8) is 0 Å². The van der Waals surface area contributed by atoms with Gasteiger partial charge in [0, 0.05) is 11.8 Å². The fourth-order valence-electron chi connectivity index (χ4n) is 7.69. The summed E-state index contributed by atoms with van der Waals surface area (Å²) >= 11 is 0. The third-order valence-corrected chi connectivity index (χ3v) is 8.59. The molecule has 5 fully saturated rings. The van der Waals surface area contributed by atoms with E-state index < -0.39 is 58.5 Å². The van der Waals surface area contributed by atoms with Crippen LogP contribution in [0.4, 0.5) is 0 Å². The molecule has 7 heteroatoms. The first-order valence-corrected chi connectivity index (χ1v) is 9.30. The minimum atomic E-state index is -1.57. The molecule has 1 heterocycles. The van der Waals surface area contributed by atoms with Gasteiger partial charge in [0.05, 0.1) is 12.0 Å². The van der Waals surface area contributed by atoms with Crippen molar-refractivity contribution in [2.75, 3.05) is 0 Å². The van der Waals surface area contributed by atoms with Crippen LogP contribution in [0, 0.1) is 34.5 Å². The summed E-state index contributed by atoms with van der Waals surface area (Å²) < 4.78 is 5.78. The third-order valence-electron chi connectivity index (χ3n) is 8.59. The predicted molar refractivity (Wildman–Crippen MR) is 86.6 cm³/mol. The highest BCUT2D eigenvalue weighted by Gasteiger charge is 2.86. The second-order valence-electron chi connectivity index (χ2n) is 9.30. The lowest BCUT2D eigenvalue weighted by Crippen LogP contribution is -2.67. The van der Waals surface area contributed by atoms with E-state index in [4.69, 9.17) is 4.74 Å². The summed E-state index contributed by atoms with van der Waals surface area (Å²) in [5.74, 6) is -3.66. The molecular weight excluding hydrogens is 340 g/mol. The van der Waals surface area contributed by atoms with Crippen LogP contribution in [0.25, 0.3) is 0 Å². The summed E-state index contributed by atoms with van der Waals surface area (Å²) in [6.07, 6.45) is -2.00. The Hall–Kier alpha value is -1.44. The fraction of sp³-hybridized carbons (Fsp3) is 0.789. The lowest BCUT2D eigenvalue weighted by Gasteiger charge is -2.49. The van der Waals surface area contributed by atoms with E-state index in [-0.39, 0.29) is 11.8 Å². The van der Waals surface area contributed by atoms with Gasteiger partial charge in [0.1, 0.15) is 23.2 Å². The summed E-state index contributed by atoms with van der Waals surface area (Å²) in [7, 11) is 0. The molecule has 1 aliphatic heterocycles. The molecule has 26 heavy (non-hydrogen) atoms. The largest absolute Gasteiger partial charge is 0.481 e. The van der Waals surface area contributed by atoms with Crippen LogP contribution in [0.5, 0.6) is 0 Å². The number of carbonyl (C=O) groups is 2. The number of carboxylic acids is 1. The van der Waals surface area contributed by atoms with Gasteiger partial charge in [-0.1, -0.05) is 12.2 Å². The van der Waals surface area contributed by atoms with Crippen molar-refractivity contribution < 1.29 is 34.8 Å². The summed E-state index contributed by atoms with van der Waals surface area (Å²) in [6.45, 7) is 5.62. The molecule has 4 bridgehead atoms. The zero-order valence-electron chi connectivity index (χ0n) is 14.6. The van der Waals surface area contributed by atoms with Crippen LogP contribution in [0.2, 0.25) is 0 Å². The van der Waals surface area contributed by atoms with Gasteiger partial charge >= 0.3 is 11.9 Å². The van der Waals surface area contributed by atoms with Crippen molar-refractivity contribution in [2.45, 2.75) is 56.5 Å². The van der Waals surface area contributed by atoms with Crippen LogP contribution in [0.3, 0.4) is 0 Å². The first kappa shape index (κ1) is 16.7. The number of aliphatic hydroxyl groups excluding tert-OH is 3. The van der Waals surface area contributed by atoms with E-state index in [2.05, 4.69) is 6.58 Å². The molecule has 0 amide bonds. The molecule has 4 aliphatic carbocycles. The Balaban J connectivity index is 1.80. The fourth-order valence-corrected chi connectivity index (χ4v) is 7.69. The summed E-state index contributed by atoms with van der Waals surface area (Å²) in [5, 5.41) is 42.2. The molecule has 0 radical (unpaired) electrons. The maximum absolute atomic E-state index is 12.8. The number of aliphatic hydroxyl groups is 3. The Morgan fingerprint density at radius 1 is 1.23 bits per heavy atom. The second-order valence-corrected chi connectivity index (χ2v) is 9.30. The lowest BCUT2D eigenvalue weighted by atomic mass is 9.57. The van der Waals surface area contributed by atoms with E-state index in [1.54, 1.807) is 0 Å². The molecular formula is C19H24O7. The van der Waals surface area contributed by atoms with Crippen LogP contribution < -0.4 is 0 Å². The van der Waals surface area contributed by atoms with Crippen LogP contribution in [0.1, 0.15) is 32.6 Å². The van der Waals surface area contributed by atoms with Crippen molar-refractivity contribution >= 4 is 11.9 Å². The molecule has 142 valence electrons. The van der Waals surface area contributed by atoms with Gasteiger partial charge in [0.15, 0.2) is 0 Å². The zero-order valence-corrected chi connectivity index (χ0v) is 14.6. The van der Waals surface area contributed by atoms with Crippen molar-refractivity contribution in [3.8, 4) is 0 Å². The molecule has 5 aliphatic rings. The number of carboxylic acid groups (broad SMARTS) is 1. The molecule has 4 saturated carbocycles. The van der Waals surface area contributed by atoms with E-state index in [9.17, 15) is 30.0 Å². The Morgan fingerprint density at radius 2 is 1.92 bits per heavy atom. The van der Waals surface area contributed by atoms with Gasteiger partial charge in [-0.15, -0.1) is 0 Å². The molecule has 5 rings (SSSR count).